The van der Waals surface area contributed by atoms with Gasteiger partial charge in [-0.2, -0.15) is 0 Å². The minimum absolute atomic E-state index is 0.871. The molecule has 0 aliphatic rings. The molecule has 28 valence electrons. The molecule has 1 atom stereocenters. The summed E-state index contributed by atoms with van der Waals surface area (Å²) in [5.41, 5.74) is 0. The zero-order valence-electron chi connectivity index (χ0n) is 3.55. The van der Waals surface area contributed by atoms with Gasteiger partial charge in [-0.15, -0.1) is 0 Å². The Bertz CT molecular complexity index is 52.8. The van der Waals surface area contributed by atoms with E-state index in [1.54, 1.807) is 6.26 Å². The summed E-state index contributed by atoms with van der Waals surface area (Å²) >= 11 is -0.871. The predicted octanol–water partition coefficient (Wildman–Crippen LogP) is -1.31. The van der Waals surface area contributed by atoms with Gasteiger partial charge in [-0.25, -0.2) is 0 Å². The van der Waals surface area contributed by atoms with E-state index in [2.05, 4.69) is 0 Å². The SMILES string of the molecule is [B]B=B[S+](C)[O-]. The summed E-state index contributed by atoms with van der Waals surface area (Å²) in [6, 6.07) is 0. The zero-order valence-corrected chi connectivity index (χ0v) is 4.37. The Labute approximate surface area is 43.1 Å². The van der Waals surface area contributed by atoms with Crippen molar-refractivity contribution in [2.45, 2.75) is 0 Å². The molecule has 0 rings (SSSR count). The number of rotatable bonds is 1. The van der Waals surface area contributed by atoms with Crippen molar-refractivity contribution in [3.8, 4) is 0 Å². The second kappa shape index (κ2) is 3.69. The first kappa shape index (κ1) is 6.50. The van der Waals surface area contributed by atoms with Gasteiger partial charge in [0, 0.05) is 0 Å². The van der Waals surface area contributed by atoms with Crippen LogP contribution in [0, 0.1) is 0 Å². The van der Waals surface area contributed by atoms with Crippen LogP contribution in [0.2, 0.25) is 0 Å². The summed E-state index contributed by atoms with van der Waals surface area (Å²) in [6.45, 7) is 1.27. The fourth-order valence-corrected chi connectivity index (χ4v) is 0.332. The van der Waals surface area contributed by atoms with Gasteiger partial charge >= 0.3 is 42.3 Å². The Kier molecular flexibility index (Phi) is 4.00. The van der Waals surface area contributed by atoms with E-state index in [0.29, 0.717) is 0 Å². The predicted molar refractivity (Wildman–Crippen MR) is 31.3 cm³/mol. The van der Waals surface area contributed by atoms with Crippen LogP contribution < -0.4 is 0 Å². The van der Waals surface area contributed by atoms with Gasteiger partial charge in [0.2, 0.25) is 0 Å². The molecule has 1 unspecified atom stereocenters. The third-order valence-corrected chi connectivity index (χ3v) is 0.811. The third kappa shape index (κ3) is 4.50. The van der Waals surface area contributed by atoms with Crippen LogP contribution in [0.1, 0.15) is 0 Å². The second-order valence-electron chi connectivity index (χ2n) is 0.827. The average molecular weight is 95.5 g/mol. The van der Waals surface area contributed by atoms with Gasteiger partial charge < -0.3 is 0 Å². The standard InChI is InChI=1S/CH3B3OS/c1-6(5)4-3-2/h1H3. The molecule has 0 aliphatic heterocycles. The molecule has 0 aromatic carbocycles. The van der Waals surface area contributed by atoms with Gasteiger partial charge in [-0.1, -0.05) is 0 Å². The molecule has 0 bridgehead atoms. The molecule has 1 nitrogen and oxygen atoms in total. The summed E-state index contributed by atoms with van der Waals surface area (Å²) in [5.74, 6) is 0. The van der Waals surface area contributed by atoms with E-state index in [9.17, 15) is 4.55 Å². The van der Waals surface area contributed by atoms with Crippen molar-refractivity contribution >= 4 is 31.5 Å². The normalized spacial score (nSPS) is 13.0. The van der Waals surface area contributed by atoms with Crippen LogP contribution >= 0.6 is 0 Å². The van der Waals surface area contributed by atoms with Crippen molar-refractivity contribution in [3.63, 3.8) is 0 Å². The Morgan fingerprint density at radius 1 is 1.83 bits per heavy atom. The monoisotopic (exact) mass is 96.0 g/mol. The van der Waals surface area contributed by atoms with Gasteiger partial charge in [0.15, 0.2) is 0 Å². The summed E-state index contributed by atoms with van der Waals surface area (Å²) in [4.78, 5) is 0. The van der Waals surface area contributed by atoms with E-state index in [4.69, 9.17) is 7.74 Å². The van der Waals surface area contributed by atoms with E-state index in [1.807, 2.05) is 0 Å². The Morgan fingerprint density at radius 3 is 2.33 bits per heavy atom. The van der Waals surface area contributed by atoms with Crippen LogP contribution in [0.4, 0.5) is 0 Å². The summed E-state index contributed by atoms with van der Waals surface area (Å²) in [5, 5.41) is 0. The van der Waals surface area contributed by atoms with Crippen LogP contribution in [0.15, 0.2) is 0 Å². The Balaban J connectivity index is 3.03. The zero-order chi connectivity index (χ0) is 4.99. The first-order valence-corrected chi connectivity index (χ1v) is 3.10. The van der Waals surface area contributed by atoms with Crippen LogP contribution in [-0.4, -0.2) is 31.3 Å². The topological polar surface area (TPSA) is 23.1 Å². The molecule has 0 aromatic heterocycles. The quantitative estimate of drug-likeness (QED) is 0.293. The van der Waals surface area contributed by atoms with E-state index >= 15 is 0 Å². The van der Waals surface area contributed by atoms with Crippen molar-refractivity contribution in [3.05, 3.63) is 0 Å². The molecule has 0 heterocycles. The summed E-state index contributed by atoms with van der Waals surface area (Å²) in [7, 11) is 4.86. The van der Waals surface area contributed by atoms with E-state index in [1.165, 1.54) is 12.8 Å². The first-order valence-electron chi connectivity index (χ1n) is 1.48. The first-order chi connectivity index (χ1) is 2.77. The molecule has 0 N–H and O–H groups in total. The maximum atomic E-state index is 9.99. The van der Waals surface area contributed by atoms with Gasteiger partial charge in [0.1, 0.15) is 0 Å². The van der Waals surface area contributed by atoms with Crippen molar-refractivity contribution in [1.82, 2.24) is 0 Å². The fraction of sp³-hybridized carbons (Fsp3) is 1.00. The van der Waals surface area contributed by atoms with Crippen molar-refractivity contribution in [2.75, 3.05) is 6.26 Å². The fourth-order valence-electron chi connectivity index (χ4n) is 0.111. The van der Waals surface area contributed by atoms with Crippen molar-refractivity contribution in [2.24, 2.45) is 0 Å². The van der Waals surface area contributed by atoms with E-state index in [0.717, 1.165) is 0 Å². The molecular weight excluding hydrogens is 92.5 g/mol. The Hall–Kier alpha value is 0.505. The Morgan fingerprint density at radius 2 is 2.33 bits per heavy atom. The van der Waals surface area contributed by atoms with Crippen LogP contribution in [-0.2, 0) is 11.0 Å². The van der Waals surface area contributed by atoms with Gasteiger partial charge in [0.25, 0.3) is 0 Å². The summed E-state index contributed by atoms with van der Waals surface area (Å²) < 4.78 is 9.99. The molecule has 5 heteroatoms. The average Bonchev–Trinajstić information content (AvgIpc) is 1.35. The van der Waals surface area contributed by atoms with Gasteiger partial charge in [0.05, 0.1) is 0 Å². The van der Waals surface area contributed by atoms with Gasteiger partial charge in [-0.3, -0.25) is 0 Å². The molecule has 2 radical (unpaired) electrons. The minimum atomic E-state index is -0.871. The molecular formula is CH3B3OS. The summed E-state index contributed by atoms with van der Waals surface area (Å²) in [6.07, 6.45) is 2.98. The molecule has 0 amide bonds. The maximum absolute atomic E-state index is 9.99. The van der Waals surface area contributed by atoms with E-state index in [-0.39, 0.29) is 0 Å². The number of hydrogen-bond donors (Lipinski definition) is 0. The second-order valence-corrected chi connectivity index (χ2v) is 2.10. The molecule has 0 saturated heterocycles. The molecule has 0 aromatic rings. The molecule has 6 heavy (non-hydrogen) atoms. The van der Waals surface area contributed by atoms with Crippen LogP contribution in [0.3, 0.4) is 0 Å². The van der Waals surface area contributed by atoms with E-state index < -0.39 is 11.0 Å². The molecule has 0 fully saturated rings. The van der Waals surface area contributed by atoms with Gasteiger partial charge in [-0.05, 0) is 0 Å². The van der Waals surface area contributed by atoms with Crippen molar-refractivity contribution < 1.29 is 4.55 Å². The van der Waals surface area contributed by atoms with Crippen molar-refractivity contribution in [1.29, 1.82) is 0 Å². The third-order valence-electron chi connectivity index (χ3n) is 0.270. The van der Waals surface area contributed by atoms with Crippen LogP contribution in [0.5, 0.6) is 0 Å². The molecule has 0 saturated carbocycles. The number of hydrogen-bond acceptors (Lipinski definition) is 1. The molecule has 0 spiro atoms. The van der Waals surface area contributed by atoms with Crippen LogP contribution in [0.25, 0.3) is 0 Å². The molecule has 0 aliphatic carbocycles.